The Morgan fingerprint density at radius 3 is 2.73 bits per heavy atom. The van der Waals surface area contributed by atoms with Crippen LogP contribution in [0.15, 0.2) is 36.5 Å². The minimum atomic E-state index is -0.229. The van der Waals surface area contributed by atoms with E-state index in [9.17, 15) is 4.39 Å². The molecule has 15 heavy (non-hydrogen) atoms. The highest BCUT2D eigenvalue weighted by atomic mass is 127. The second-order valence-electron chi connectivity index (χ2n) is 3.33. The predicted molar refractivity (Wildman–Crippen MR) is 67.1 cm³/mol. The summed E-state index contributed by atoms with van der Waals surface area (Å²) in [6.45, 7) is 1.98. The normalized spacial score (nSPS) is 10.3. The van der Waals surface area contributed by atoms with E-state index in [0.717, 1.165) is 20.4 Å². The van der Waals surface area contributed by atoms with Gasteiger partial charge in [-0.05, 0) is 53.3 Å². The van der Waals surface area contributed by atoms with Gasteiger partial charge in [-0.1, -0.05) is 12.1 Å². The number of pyridine rings is 1. The fourth-order valence-corrected chi connectivity index (χ4v) is 2.08. The van der Waals surface area contributed by atoms with E-state index in [0.29, 0.717) is 0 Å². The summed E-state index contributed by atoms with van der Waals surface area (Å²) in [5.74, 6) is -0.229. The highest BCUT2D eigenvalue weighted by Gasteiger charge is 2.04. The summed E-state index contributed by atoms with van der Waals surface area (Å²) >= 11 is 2.21. The van der Waals surface area contributed by atoms with Crippen molar-refractivity contribution < 1.29 is 4.39 Å². The van der Waals surface area contributed by atoms with Gasteiger partial charge in [0.05, 0.1) is 5.69 Å². The SMILES string of the molecule is Cc1cc(I)cnc1-c1cccc(F)c1. The van der Waals surface area contributed by atoms with Crippen molar-refractivity contribution in [3.05, 3.63) is 51.5 Å². The molecule has 0 saturated carbocycles. The molecule has 0 N–H and O–H groups in total. The number of aryl methyl sites for hydroxylation is 1. The van der Waals surface area contributed by atoms with Crippen LogP contribution in [0, 0.1) is 16.3 Å². The molecular weight excluding hydrogens is 304 g/mol. The first kappa shape index (κ1) is 10.5. The second-order valence-corrected chi connectivity index (χ2v) is 4.58. The topological polar surface area (TPSA) is 12.9 Å². The Morgan fingerprint density at radius 1 is 1.27 bits per heavy atom. The Balaban J connectivity index is 2.54. The van der Waals surface area contributed by atoms with Crippen molar-refractivity contribution >= 4 is 22.6 Å². The van der Waals surface area contributed by atoms with Crippen molar-refractivity contribution in [3.8, 4) is 11.3 Å². The van der Waals surface area contributed by atoms with E-state index < -0.39 is 0 Å². The van der Waals surface area contributed by atoms with Crippen LogP contribution in [0.4, 0.5) is 4.39 Å². The molecule has 2 aromatic rings. The van der Waals surface area contributed by atoms with Crippen LogP contribution in [0.3, 0.4) is 0 Å². The largest absolute Gasteiger partial charge is 0.255 e. The molecule has 0 atom stereocenters. The minimum absolute atomic E-state index is 0.229. The molecule has 1 aromatic carbocycles. The van der Waals surface area contributed by atoms with Crippen LogP contribution < -0.4 is 0 Å². The number of benzene rings is 1. The van der Waals surface area contributed by atoms with E-state index in [2.05, 4.69) is 27.6 Å². The van der Waals surface area contributed by atoms with Crippen molar-refractivity contribution in [2.24, 2.45) is 0 Å². The lowest BCUT2D eigenvalue weighted by Crippen LogP contribution is -1.89. The third-order valence-electron chi connectivity index (χ3n) is 2.14. The standard InChI is InChI=1S/C12H9FIN/c1-8-5-11(14)7-15-12(8)9-3-2-4-10(13)6-9/h2-7H,1H3. The predicted octanol–water partition coefficient (Wildman–Crippen LogP) is 3.80. The van der Waals surface area contributed by atoms with Gasteiger partial charge in [0.2, 0.25) is 0 Å². The first-order valence-electron chi connectivity index (χ1n) is 4.55. The Labute approximate surface area is 102 Å². The number of hydrogen-bond donors (Lipinski definition) is 0. The fraction of sp³-hybridized carbons (Fsp3) is 0.0833. The van der Waals surface area contributed by atoms with E-state index in [1.165, 1.54) is 12.1 Å². The van der Waals surface area contributed by atoms with Crippen LogP contribution in [-0.4, -0.2) is 4.98 Å². The second kappa shape index (κ2) is 4.26. The average Bonchev–Trinajstić information content (AvgIpc) is 2.17. The van der Waals surface area contributed by atoms with Crippen molar-refractivity contribution in [1.82, 2.24) is 4.98 Å². The summed E-state index contributed by atoms with van der Waals surface area (Å²) in [5, 5.41) is 0. The number of rotatable bonds is 1. The first-order valence-corrected chi connectivity index (χ1v) is 5.63. The maximum Gasteiger partial charge on any atom is 0.123 e. The highest BCUT2D eigenvalue weighted by Crippen LogP contribution is 2.22. The van der Waals surface area contributed by atoms with Gasteiger partial charge < -0.3 is 0 Å². The molecule has 1 heterocycles. The van der Waals surface area contributed by atoms with Crippen LogP contribution >= 0.6 is 22.6 Å². The summed E-state index contributed by atoms with van der Waals surface area (Å²) < 4.78 is 14.1. The van der Waals surface area contributed by atoms with Crippen LogP contribution in [0.2, 0.25) is 0 Å². The van der Waals surface area contributed by atoms with Gasteiger partial charge >= 0.3 is 0 Å². The summed E-state index contributed by atoms with van der Waals surface area (Å²) in [6.07, 6.45) is 1.79. The van der Waals surface area contributed by atoms with E-state index in [1.54, 1.807) is 12.3 Å². The smallest absolute Gasteiger partial charge is 0.123 e. The zero-order valence-electron chi connectivity index (χ0n) is 8.17. The summed E-state index contributed by atoms with van der Waals surface area (Å²) in [7, 11) is 0. The number of halogens is 2. The van der Waals surface area contributed by atoms with Gasteiger partial charge in [-0.3, -0.25) is 4.98 Å². The van der Waals surface area contributed by atoms with Crippen LogP contribution in [0.1, 0.15) is 5.56 Å². The van der Waals surface area contributed by atoms with Gasteiger partial charge in [-0.15, -0.1) is 0 Å². The van der Waals surface area contributed by atoms with Crippen molar-refractivity contribution in [2.75, 3.05) is 0 Å². The summed E-state index contributed by atoms with van der Waals surface area (Å²) in [6, 6.07) is 8.54. The molecule has 0 fully saturated rings. The van der Waals surface area contributed by atoms with Crippen LogP contribution in [0.25, 0.3) is 11.3 Å². The lowest BCUT2D eigenvalue weighted by Gasteiger charge is -2.05. The van der Waals surface area contributed by atoms with E-state index >= 15 is 0 Å². The zero-order valence-corrected chi connectivity index (χ0v) is 10.3. The molecule has 1 nitrogen and oxygen atoms in total. The lowest BCUT2D eigenvalue weighted by atomic mass is 10.1. The fourth-order valence-electron chi connectivity index (χ4n) is 1.48. The average molecular weight is 313 g/mol. The lowest BCUT2D eigenvalue weighted by molar-refractivity contribution is 0.628. The molecule has 0 spiro atoms. The molecule has 0 bridgehead atoms. The Morgan fingerprint density at radius 2 is 2.07 bits per heavy atom. The van der Waals surface area contributed by atoms with E-state index in [4.69, 9.17) is 0 Å². The van der Waals surface area contributed by atoms with Crippen LogP contribution in [0.5, 0.6) is 0 Å². The van der Waals surface area contributed by atoms with Gasteiger partial charge in [0, 0.05) is 15.3 Å². The van der Waals surface area contributed by atoms with Crippen molar-refractivity contribution in [2.45, 2.75) is 6.92 Å². The molecule has 0 saturated heterocycles. The monoisotopic (exact) mass is 313 g/mol. The minimum Gasteiger partial charge on any atom is -0.255 e. The molecule has 2 rings (SSSR count). The first-order chi connectivity index (χ1) is 7.16. The molecule has 0 aliphatic carbocycles. The molecule has 3 heteroatoms. The van der Waals surface area contributed by atoms with Gasteiger partial charge in [0.25, 0.3) is 0 Å². The van der Waals surface area contributed by atoms with Crippen LogP contribution in [-0.2, 0) is 0 Å². The third-order valence-corrected chi connectivity index (χ3v) is 2.73. The molecule has 0 aliphatic heterocycles. The highest BCUT2D eigenvalue weighted by molar-refractivity contribution is 14.1. The van der Waals surface area contributed by atoms with Gasteiger partial charge in [0.1, 0.15) is 5.82 Å². The number of hydrogen-bond acceptors (Lipinski definition) is 1. The Hall–Kier alpha value is -0.970. The molecule has 0 radical (unpaired) electrons. The van der Waals surface area contributed by atoms with Gasteiger partial charge in [-0.25, -0.2) is 4.39 Å². The summed E-state index contributed by atoms with van der Waals surface area (Å²) in [4.78, 5) is 4.31. The maximum atomic E-state index is 13.0. The number of nitrogens with zero attached hydrogens (tertiary/aromatic N) is 1. The quantitative estimate of drug-likeness (QED) is 0.730. The molecular formula is C12H9FIN. The third kappa shape index (κ3) is 2.34. The van der Waals surface area contributed by atoms with E-state index in [-0.39, 0.29) is 5.82 Å². The Bertz CT molecular complexity index is 497. The van der Waals surface area contributed by atoms with E-state index in [1.807, 2.05) is 19.1 Å². The zero-order chi connectivity index (χ0) is 10.8. The Kier molecular flexibility index (Phi) is 3.00. The summed E-state index contributed by atoms with van der Waals surface area (Å²) in [5.41, 5.74) is 2.73. The molecule has 0 aliphatic rings. The molecule has 1 aromatic heterocycles. The van der Waals surface area contributed by atoms with Gasteiger partial charge in [-0.2, -0.15) is 0 Å². The van der Waals surface area contributed by atoms with Crippen molar-refractivity contribution in [1.29, 1.82) is 0 Å². The van der Waals surface area contributed by atoms with Crippen molar-refractivity contribution in [3.63, 3.8) is 0 Å². The molecule has 0 amide bonds. The van der Waals surface area contributed by atoms with Gasteiger partial charge in [0.15, 0.2) is 0 Å². The molecule has 0 unspecified atom stereocenters. The maximum absolute atomic E-state index is 13.0. The number of aromatic nitrogens is 1. The molecule has 76 valence electrons.